The first kappa shape index (κ1) is 19.2. The molecule has 1 aromatic heterocycles. The summed E-state index contributed by atoms with van der Waals surface area (Å²) in [4.78, 5) is 12.3. The van der Waals surface area contributed by atoms with E-state index in [1.54, 1.807) is 12.2 Å². The topological polar surface area (TPSA) is 22.0 Å². The Morgan fingerprint density at radius 1 is 1.00 bits per heavy atom. The number of hydrogen-bond acceptors (Lipinski definition) is 1. The summed E-state index contributed by atoms with van der Waals surface area (Å²) in [6, 6.07) is 15.6. The third-order valence-corrected chi connectivity index (χ3v) is 4.19. The van der Waals surface area contributed by atoms with Crippen molar-refractivity contribution in [1.82, 2.24) is 4.57 Å². The van der Waals surface area contributed by atoms with Gasteiger partial charge in [-0.25, -0.2) is 0 Å². The van der Waals surface area contributed by atoms with Crippen molar-refractivity contribution in [3.8, 4) is 0 Å². The molecule has 0 fully saturated rings. The summed E-state index contributed by atoms with van der Waals surface area (Å²) in [6.45, 7) is 12.1. The highest BCUT2D eigenvalue weighted by molar-refractivity contribution is 5.93. The van der Waals surface area contributed by atoms with Crippen molar-refractivity contribution in [2.45, 2.75) is 20.4 Å². The number of fused-ring (bicyclic) bond motifs is 2. The Morgan fingerprint density at radius 2 is 1.54 bits per heavy atom. The predicted molar refractivity (Wildman–Crippen MR) is 115 cm³/mol. The molecule has 3 rings (SSSR count). The highest BCUT2D eigenvalue weighted by Crippen LogP contribution is 2.18. The Bertz CT molecular complexity index is 975. The molecular formula is C24H25NO. The highest BCUT2D eigenvalue weighted by Gasteiger charge is 2.07. The van der Waals surface area contributed by atoms with Gasteiger partial charge in [-0.3, -0.25) is 4.79 Å². The zero-order valence-electron chi connectivity index (χ0n) is 15.5. The molecule has 0 amide bonds. The Morgan fingerprint density at radius 3 is 1.96 bits per heavy atom. The number of benzene rings is 2. The molecule has 1 heterocycles. The summed E-state index contributed by atoms with van der Waals surface area (Å²) in [5.41, 5.74) is 3.27. The van der Waals surface area contributed by atoms with Gasteiger partial charge in [0.25, 0.3) is 0 Å². The van der Waals surface area contributed by atoms with Crippen molar-refractivity contribution in [3.63, 3.8) is 0 Å². The number of nitrogens with zero attached hydrogens (tertiary/aromatic N) is 1. The van der Waals surface area contributed by atoms with E-state index >= 15 is 0 Å². The zero-order valence-corrected chi connectivity index (χ0v) is 15.5. The quantitative estimate of drug-likeness (QED) is 0.418. The second-order valence-electron chi connectivity index (χ2n) is 5.70. The van der Waals surface area contributed by atoms with E-state index in [1.165, 1.54) is 0 Å². The Balaban J connectivity index is 0.000000232. The Labute approximate surface area is 155 Å². The maximum Gasteiger partial charge on any atom is 0.197 e. The molecule has 0 unspecified atom stereocenters. The Kier molecular flexibility index (Phi) is 6.92. The molecule has 2 nitrogen and oxygen atoms in total. The fourth-order valence-corrected chi connectivity index (χ4v) is 2.88. The third kappa shape index (κ3) is 4.09. The molecule has 0 bridgehead atoms. The van der Waals surface area contributed by atoms with Crippen molar-refractivity contribution >= 4 is 21.8 Å². The number of aromatic nitrogens is 1. The molecule has 0 aliphatic carbocycles. The molecule has 0 saturated carbocycles. The van der Waals surface area contributed by atoms with Crippen LogP contribution in [-0.2, 0) is 6.54 Å². The molecule has 0 aliphatic heterocycles. The van der Waals surface area contributed by atoms with Gasteiger partial charge in [0.2, 0.25) is 0 Å². The van der Waals surface area contributed by atoms with Crippen LogP contribution < -0.4 is 5.43 Å². The molecule has 2 aromatic carbocycles. The summed E-state index contributed by atoms with van der Waals surface area (Å²) < 4.78 is 2.19. The largest absolute Gasteiger partial charge is 0.341 e. The van der Waals surface area contributed by atoms with Crippen molar-refractivity contribution in [1.29, 1.82) is 0 Å². The highest BCUT2D eigenvalue weighted by atomic mass is 16.1. The number of hydrogen-bond donors (Lipinski definition) is 0. The van der Waals surface area contributed by atoms with E-state index in [1.807, 2.05) is 73.7 Å². The van der Waals surface area contributed by atoms with Crippen LogP contribution in [0.2, 0.25) is 0 Å². The first-order valence-electron chi connectivity index (χ1n) is 8.76. The van der Waals surface area contributed by atoms with Crippen LogP contribution in [0.1, 0.15) is 13.8 Å². The summed E-state index contributed by atoms with van der Waals surface area (Å²) >= 11 is 0. The fraction of sp³-hybridized carbons (Fsp3) is 0.125. The van der Waals surface area contributed by atoms with E-state index in [-0.39, 0.29) is 5.43 Å². The maximum atomic E-state index is 12.3. The molecule has 0 atom stereocenters. The van der Waals surface area contributed by atoms with E-state index < -0.39 is 0 Å². The number of para-hydroxylation sites is 2. The van der Waals surface area contributed by atoms with E-state index in [9.17, 15) is 4.79 Å². The van der Waals surface area contributed by atoms with E-state index in [4.69, 9.17) is 0 Å². The van der Waals surface area contributed by atoms with Gasteiger partial charge in [0.05, 0.1) is 11.0 Å². The van der Waals surface area contributed by atoms with Gasteiger partial charge in [0.1, 0.15) is 0 Å². The van der Waals surface area contributed by atoms with Gasteiger partial charge in [-0.15, -0.1) is 0 Å². The summed E-state index contributed by atoms with van der Waals surface area (Å²) in [5, 5.41) is 1.60. The number of pyridine rings is 1. The van der Waals surface area contributed by atoms with Crippen LogP contribution in [0.5, 0.6) is 0 Å². The number of allylic oxidation sites excluding steroid dienone is 6. The summed E-state index contributed by atoms with van der Waals surface area (Å²) in [6.07, 6.45) is 9.39. The van der Waals surface area contributed by atoms with E-state index in [0.29, 0.717) is 0 Å². The van der Waals surface area contributed by atoms with Gasteiger partial charge >= 0.3 is 0 Å². The molecule has 132 valence electrons. The Hall–Kier alpha value is -3.13. The van der Waals surface area contributed by atoms with Crippen LogP contribution in [0.3, 0.4) is 0 Å². The lowest BCUT2D eigenvalue weighted by Gasteiger charge is -2.12. The first-order chi connectivity index (χ1) is 12.7. The molecule has 0 spiro atoms. The molecule has 0 radical (unpaired) electrons. The molecule has 0 N–H and O–H groups in total. The second-order valence-corrected chi connectivity index (χ2v) is 5.70. The smallest absolute Gasteiger partial charge is 0.197 e. The molecule has 2 heteroatoms. The van der Waals surface area contributed by atoms with Gasteiger partial charge in [-0.05, 0) is 43.7 Å². The summed E-state index contributed by atoms with van der Waals surface area (Å²) in [5.74, 6) is 0. The SMILES string of the molecule is C=C/C=C\C(C=C)=C/C.CCn1c2ccccc2c(=O)c2ccccc21. The zero-order chi connectivity index (χ0) is 18.9. The van der Waals surface area contributed by atoms with Crippen LogP contribution in [-0.4, -0.2) is 4.57 Å². The summed E-state index contributed by atoms with van der Waals surface area (Å²) in [7, 11) is 0. The van der Waals surface area contributed by atoms with Gasteiger partial charge in [0, 0.05) is 17.3 Å². The normalized spacial score (nSPS) is 11.4. The van der Waals surface area contributed by atoms with Crippen molar-refractivity contribution in [2.24, 2.45) is 0 Å². The standard InChI is InChI=1S/C15H13NO.C9H12/c1-2-16-13-9-5-3-7-11(13)15(17)12-8-4-6-10-14(12)16;1-4-7-8-9(5-2)6-3/h3-10H,2H2,1H3;4-8H,1-2H2,3H3/b;8-7-,9-6-. The average Bonchev–Trinajstić information content (AvgIpc) is 2.70. The van der Waals surface area contributed by atoms with Crippen molar-refractivity contribution in [3.05, 3.63) is 108 Å². The van der Waals surface area contributed by atoms with Gasteiger partial charge in [-0.2, -0.15) is 0 Å². The van der Waals surface area contributed by atoms with Crippen LogP contribution in [0.25, 0.3) is 21.8 Å². The lowest BCUT2D eigenvalue weighted by Crippen LogP contribution is -2.10. The predicted octanol–water partition coefficient (Wildman–Crippen LogP) is 6.04. The van der Waals surface area contributed by atoms with E-state index in [2.05, 4.69) is 24.6 Å². The van der Waals surface area contributed by atoms with Crippen LogP contribution in [0, 0.1) is 0 Å². The van der Waals surface area contributed by atoms with Crippen molar-refractivity contribution < 1.29 is 0 Å². The molecule has 3 aromatic rings. The second kappa shape index (κ2) is 9.38. The third-order valence-electron chi connectivity index (χ3n) is 4.19. The molecule has 0 saturated heterocycles. The van der Waals surface area contributed by atoms with Crippen LogP contribution in [0.4, 0.5) is 0 Å². The first-order valence-corrected chi connectivity index (χ1v) is 8.76. The molecule has 26 heavy (non-hydrogen) atoms. The fourth-order valence-electron chi connectivity index (χ4n) is 2.88. The van der Waals surface area contributed by atoms with Gasteiger partial charge in [0.15, 0.2) is 5.43 Å². The minimum absolute atomic E-state index is 0.126. The van der Waals surface area contributed by atoms with E-state index in [0.717, 1.165) is 33.9 Å². The monoisotopic (exact) mass is 343 g/mol. The molecule has 0 aliphatic rings. The lowest BCUT2D eigenvalue weighted by atomic mass is 10.1. The van der Waals surface area contributed by atoms with Crippen LogP contribution in [0.15, 0.2) is 102 Å². The minimum Gasteiger partial charge on any atom is -0.341 e. The van der Waals surface area contributed by atoms with Crippen molar-refractivity contribution in [2.75, 3.05) is 0 Å². The number of aryl methyl sites for hydroxylation is 1. The maximum absolute atomic E-state index is 12.3. The van der Waals surface area contributed by atoms with Gasteiger partial charge < -0.3 is 4.57 Å². The number of rotatable bonds is 4. The van der Waals surface area contributed by atoms with Gasteiger partial charge in [-0.1, -0.05) is 67.8 Å². The molecular weight excluding hydrogens is 318 g/mol. The lowest BCUT2D eigenvalue weighted by molar-refractivity contribution is 0.821. The van der Waals surface area contributed by atoms with Crippen LogP contribution >= 0.6 is 0 Å². The average molecular weight is 343 g/mol. The minimum atomic E-state index is 0.126.